The van der Waals surface area contributed by atoms with Gasteiger partial charge in [-0.1, -0.05) is 0 Å². The van der Waals surface area contributed by atoms with Crippen LogP contribution in [0.1, 0.15) is 10.5 Å². The minimum absolute atomic E-state index is 0.0943. The molecule has 2 aromatic heterocycles. The minimum atomic E-state index is -1.31. The monoisotopic (exact) mass is 413 g/mol. The van der Waals surface area contributed by atoms with Crippen molar-refractivity contribution in [1.82, 2.24) is 20.3 Å². The number of benzene rings is 2. The molecule has 0 radical (unpaired) electrons. The number of imidazole rings is 1. The van der Waals surface area contributed by atoms with Gasteiger partial charge in [0.25, 0.3) is 5.91 Å². The van der Waals surface area contributed by atoms with Crippen LogP contribution in [-0.4, -0.2) is 27.9 Å². The molecule has 0 fully saturated rings. The van der Waals surface area contributed by atoms with Gasteiger partial charge >= 0.3 is 0 Å². The van der Waals surface area contributed by atoms with Gasteiger partial charge in [-0.15, -0.1) is 0 Å². The van der Waals surface area contributed by atoms with E-state index in [1.54, 1.807) is 24.3 Å². The summed E-state index contributed by atoms with van der Waals surface area (Å²) in [7, 11) is 1.50. The maximum atomic E-state index is 13.8. The van der Waals surface area contributed by atoms with Crippen LogP contribution in [-0.2, 0) is 0 Å². The summed E-state index contributed by atoms with van der Waals surface area (Å²) in [6.45, 7) is 0. The molecule has 0 saturated carbocycles. The summed E-state index contributed by atoms with van der Waals surface area (Å²) in [5, 5.41) is 5.00. The zero-order valence-corrected chi connectivity index (χ0v) is 15.5. The molecule has 2 aromatic carbocycles. The molecule has 4 rings (SSSR count). The van der Waals surface area contributed by atoms with E-state index in [4.69, 9.17) is 4.74 Å². The van der Waals surface area contributed by atoms with Crippen molar-refractivity contribution in [2.75, 3.05) is 12.4 Å². The number of pyridine rings is 1. The second-order valence-electron chi connectivity index (χ2n) is 6.20. The Morgan fingerprint density at radius 2 is 1.87 bits per heavy atom. The minimum Gasteiger partial charge on any atom is -0.457 e. The number of fused-ring (bicyclic) bond motifs is 1. The molecule has 0 bridgehead atoms. The van der Waals surface area contributed by atoms with Crippen LogP contribution in [0.4, 0.5) is 24.8 Å². The molecule has 0 saturated heterocycles. The lowest BCUT2D eigenvalue weighted by molar-refractivity contribution is 0.0958. The van der Waals surface area contributed by atoms with Crippen molar-refractivity contribution in [3.63, 3.8) is 0 Å². The summed E-state index contributed by atoms with van der Waals surface area (Å²) in [4.78, 5) is 22.7. The standard InChI is InChI=1S/C20H14F3N5O2/c1-24-19(29)17-9-12(4-5-25-17)30-11-2-3-14-15(8-11)27-20(26-14)28-16-7-10(21)6-13(22)18(16)23/h2-9H,1H3,(H,24,29)(H2,26,27,28). The topological polar surface area (TPSA) is 91.9 Å². The predicted octanol–water partition coefficient (Wildman–Crippen LogP) is 4.27. The van der Waals surface area contributed by atoms with E-state index in [1.165, 1.54) is 19.3 Å². The van der Waals surface area contributed by atoms with Crippen LogP contribution >= 0.6 is 0 Å². The maximum absolute atomic E-state index is 13.8. The Balaban J connectivity index is 1.58. The van der Waals surface area contributed by atoms with Crippen molar-refractivity contribution in [2.24, 2.45) is 0 Å². The highest BCUT2D eigenvalue weighted by Gasteiger charge is 2.13. The molecular weight excluding hydrogens is 399 g/mol. The van der Waals surface area contributed by atoms with E-state index in [1.807, 2.05) is 0 Å². The number of halogens is 3. The van der Waals surface area contributed by atoms with Gasteiger partial charge in [0, 0.05) is 37.5 Å². The SMILES string of the molecule is CNC(=O)c1cc(Oc2ccc3nc(Nc4cc(F)cc(F)c4F)[nH]c3c2)ccn1. The molecule has 0 aliphatic rings. The number of rotatable bonds is 5. The van der Waals surface area contributed by atoms with E-state index in [0.29, 0.717) is 28.6 Å². The highest BCUT2D eigenvalue weighted by Crippen LogP contribution is 2.27. The average molecular weight is 413 g/mol. The zero-order chi connectivity index (χ0) is 21.3. The predicted molar refractivity (Wildman–Crippen MR) is 103 cm³/mol. The van der Waals surface area contributed by atoms with Crippen LogP contribution in [0.3, 0.4) is 0 Å². The first-order valence-electron chi connectivity index (χ1n) is 8.70. The molecule has 0 aliphatic heterocycles. The molecule has 10 heteroatoms. The third-order valence-electron chi connectivity index (χ3n) is 4.13. The van der Waals surface area contributed by atoms with E-state index in [9.17, 15) is 18.0 Å². The van der Waals surface area contributed by atoms with Crippen molar-refractivity contribution < 1.29 is 22.7 Å². The fraction of sp³-hybridized carbons (Fsp3) is 0.0500. The normalized spacial score (nSPS) is 10.8. The van der Waals surface area contributed by atoms with Gasteiger partial charge in [-0.05, 0) is 18.2 Å². The quantitative estimate of drug-likeness (QED) is 0.425. The number of ether oxygens (including phenoxy) is 1. The Kier molecular flexibility index (Phi) is 4.97. The number of carbonyl (C=O) groups excluding carboxylic acids is 1. The van der Waals surface area contributed by atoms with Gasteiger partial charge in [0.15, 0.2) is 11.6 Å². The summed E-state index contributed by atoms with van der Waals surface area (Å²) in [5.74, 6) is -2.86. The van der Waals surface area contributed by atoms with E-state index >= 15 is 0 Å². The van der Waals surface area contributed by atoms with E-state index in [0.717, 1.165) is 6.07 Å². The van der Waals surface area contributed by atoms with E-state index in [-0.39, 0.29) is 23.2 Å². The van der Waals surface area contributed by atoms with Crippen LogP contribution in [0.2, 0.25) is 0 Å². The molecule has 1 amide bonds. The Labute approximate surface area is 167 Å². The molecular formula is C20H14F3N5O2. The van der Waals surface area contributed by atoms with Crippen LogP contribution < -0.4 is 15.4 Å². The summed E-state index contributed by atoms with van der Waals surface area (Å²) >= 11 is 0. The Bertz CT molecular complexity index is 1260. The highest BCUT2D eigenvalue weighted by molar-refractivity contribution is 5.92. The van der Waals surface area contributed by atoms with Crippen LogP contribution in [0.25, 0.3) is 11.0 Å². The van der Waals surface area contributed by atoms with E-state index < -0.39 is 17.5 Å². The molecule has 0 spiro atoms. The summed E-state index contributed by atoms with van der Waals surface area (Å²) in [5.41, 5.74) is 0.866. The summed E-state index contributed by atoms with van der Waals surface area (Å²) in [6.07, 6.45) is 1.45. The lowest BCUT2D eigenvalue weighted by Gasteiger charge is -2.06. The molecule has 0 unspecified atom stereocenters. The number of nitrogens with one attached hydrogen (secondary N) is 3. The fourth-order valence-corrected chi connectivity index (χ4v) is 2.75. The molecule has 30 heavy (non-hydrogen) atoms. The highest BCUT2D eigenvalue weighted by atomic mass is 19.2. The van der Waals surface area contributed by atoms with Gasteiger partial charge < -0.3 is 20.4 Å². The molecule has 2 heterocycles. The number of hydrogen-bond acceptors (Lipinski definition) is 5. The lowest BCUT2D eigenvalue weighted by atomic mass is 10.3. The Morgan fingerprint density at radius 3 is 2.67 bits per heavy atom. The molecule has 0 aliphatic carbocycles. The second kappa shape index (κ2) is 7.74. The Morgan fingerprint density at radius 1 is 1.07 bits per heavy atom. The number of H-pyrrole nitrogens is 1. The number of hydrogen-bond donors (Lipinski definition) is 3. The van der Waals surface area contributed by atoms with Crippen molar-refractivity contribution in [2.45, 2.75) is 0 Å². The third kappa shape index (κ3) is 3.88. The molecule has 152 valence electrons. The van der Waals surface area contributed by atoms with Gasteiger partial charge in [0.1, 0.15) is 23.0 Å². The van der Waals surface area contributed by atoms with Crippen LogP contribution in [0.5, 0.6) is 11.5 Å². The number of anilines is 2. The van der Waals surface area contributed by atoms with E-state index in [2.05, 4.69) is 25.6 Å². The third-order valence-corrected chi connectivity index (χ3v) is 4.13. The van der Waals surface area contributed by atoms with Crippen LogP contribution in [0, 0.1) is 17.5 Å². The molecule has 0 atom stereocenters. The first-order valence-corrected chi connectivity index (χ1v) is 8.70. The summed E-state index contributed by atoms with van der Waals surface area (Å²) in [6, 6.07) is 9.30. The first kappa shape index (κ1) is 19.2. The molecule has 3 N–H and O–H groups in total. The van der Waals surface area contributed by atoms with Gasteiger partial charge in [-0.3, -0.25) is 9.78 Å². The largest absolute Gasteiger partial charge is 0.457 e. The first-order chi connectivity index (χ1) is 14.4. The number of aromatic amines is 1. The molecule has 4 aromatic rings. The van der Waals surface area contributed by atoms with Crippen LogP contribution in [0.15, 0.2) is 48.7 Å². The molecule has 7 nitrogen and oxygen atoms in total. The Hall–Kier alpha value is -4.08. The smallest absolute Gasteiger partial charge is 0.269 e. The fourth-order valence-electron chi connectivity index (χ4n) is 2.75. The van der Waals surface area contributed by atoms with Crippen molar-refractivity contribution in [1.29, 1.82) is 0 Å². The number of amides is 1. The number of aromatic nitrogens is 3. The number of carbonyl (C=O) groups is 1. The maximum Gasteiger partial charge on any atom is 0.269 e. The van der Waals surface area contributed by atoms with Crippen molar-refractivity contribution in [3.8, 4) is 11.5 Å². The second-order valence-corrected chi connectivity index (χ2v) is 6.20. The van der Waals surface area contributed by atoms with Gasteiger partial charge in [0.05, 0.1) is 16.7 Å². The van der Waals surface area contributed by atoms with Crippen molar-refractivity contribution >= 4 is 28.6 Å². The summed E-state index contributed by atoms with van der Waals surface area (Å²) < 4.78 is 46.3. The average Bonchev–Trinajstić information content (AvgIpc) is 3.12. The zero-order valence-electron chi connectivity index (χ0n) is 15.5. The number of nitrogens with zero attached hydrogens (tertiary/aromatic N) is 2. The van der Waals surface area contributed by atoms with Crippen molar-refractivity contribution in [3.05, 3.63) is 71.8 Å². The van der Waals surface area contributed by atoms with Gasteiger partial charge in [0.2, 0.25) is 5.95 Å². The lowest BCUT2D eigenvalue weighted by Crippen LogP contribution is -2.18. The van der Waals surface area contributed by atoms with Gasteiger partial charge in [-0.25, -0.2) is 18.2 Å². The van der Waals surface area contributed by atoms with Gasteiger partial charge in [-0.2, -0.15) is 0 Å².